The molecule has 0 aliphatic carbocycles. The van der Waals surface area contributed by atoms with Gasteiger partial charge in [0.1, 0.15) is 0 Å². The van der Waals surface area contributed by atoms with Crippen LogP contribution in [0.25, 0.3) is 22.6 Å². The van der Waals surface area contributed by atoms with Crippen molar-refractivity contribution in [2.24, 2.45) is 0 Å². The van der Waals surface area contributed by atoms with Gasteiger partial charge in [0, 0.05) is 60.2 Å². The third-order valence-electron chi connectivity index (χ3n) is 5.86. The maximum Gasteiger partial charge on any atom is 0.416 e. The van der Waals surface area contributed by atoms with E-state index < -0.39 is 11.7 Å². The summed E-state index contributed by atoms with van der Waals surface area (Å²) >= 11 is 6.27. The van der Waals surface area contributed by atoms with Crippen molar-refractivity contribution >= 4 is 11.6 Å². The number of alkyl halides is 3. The van der Waals surface area contributed by atoms with Gasteiger partial charge in [-0.05, 0) is 29.8 Å². The van der Waals surface area contributed by atoms with E-state index in [9.17, 15) is 13.2 Å². The Bertz CT molecular complexity index is 1310. The van der Waals surface area contributed by atoms with E-state index in [0.29, 0.717) is 23.0 Å². The van der Waals surface area contributed by atoms with Gasteiger partial charge >= 0.3 is 6.18 Å². The zero-order valence-corrected chi connectivity index (χ0v) is 18.8. The van der Waals surface area contributed by atoms with Gasteiger partial charge in [0.05, 0.1) is 17.0 Å². The fraction of sp³-hybridized carbons (Fsp3) is 0.192. The number of aromatic nitrogens is 3. The molecular formula is C26H20ClF3N4. The highest BCUT2D eigenvalue weighted by Crippen LogP contribution is 2.31. The number of nitrogens with zero attached hydrogens (tertiary/aromatic N) is 4. The molecule has 0 amide bonds. The van der Waals surface area contributed by atoms with Crippen LogP contribution in [0.15, 0.2) is 73.1 Å². The van der Waals surface area contributed by atoms with E-state index in [4.69, 9.17) is 11.6 Å². The van der Waals surface area contributed by atoms with Gasteiger partial charge < -0.3 is 0 Å². The molecule has 4 nitrogen and oxygen atoms in total. The van der Waals surface area contributed by atoms with Crippen molar-refractivity contribution in [2.45, 2.75) is 25.7 Å². The lowest BCUT2D eigenvalue weighted by molar-refractivity contribution is -0.137. The Labute approximate surface area is 200 Å². The smallest absolute Gasteiger partial charge is 0.294 e. The van der Waals surface area contributed by atoms with Gasteiger partial charge in [0.2, 0.25) is 0 Å². The number of benzene rings is 2. The minimum absolute atomic E-state index is 0.445. The summed E-state index contributed by atoms with van der Waals surface area (Å²) in [5, 5.41) is 0.672. The molecule has 1 aliphatic heterocycles. The Morgan fingerprint density at radius 1 is 0.912 bits per heavy atom. The second kappa shape index (κ2) is 9.16. The highest BCUT2D eigenvalue weighted by molar-refractivity contribution is 6.33. The summed E-state index contributed by atoms with van der Waals surface area (Å²) in [6.07, 6.45) is 0.0401. The molecule has 0 bridgehead atoms. The Morgan fingerprint density at radius 3 is 2.41 bits per heavy atom. The molecular weight excluding hydrogens is 461 g/mol. The summed E-state index contributed by atoms with van der Waals surface area (Å²) in [6, 6.07) is 16.6. The lowest BCUT2D eigenvalue weighted by atomic mass is 10.1. The van der Waals surface area contributed by atoms with Crippen LogP contribution in [-0.4, -0.2) is 26.4 Å². The second-order valence-corrected chi connectivity index (χ2v) is 8.64. The van der Waals surface area contributed by atoms with Gasteiger partial charge in [-0.25, -0.2) is 9.97 Å². The van der Waals surface area contributed by atoms with E-state index in [2.05, 4.69) is 25.9 Å². The van der Waals surface area contributed by atoms with Crippen LogP contribution < -0.4 is 0 Å². The zero-order valence-electron chi connectivity index (χ0n) is 18.1. The fourth-order valence-corrected chi connectivity index (χ4v) is 4.29. The molecule has 0 N–H and O–H groups in total. The first-order valence-corrected chi connectivity index (χ1v) is 11.2. The van der Waals surface area contributed by atoms with Crippen LogP contribution in [0.3, 0.4) is 0 Å². The first-order chi connectivity index (χ1) is 16.4. The molecule has 172 valence electrons. The van der Waals surface area contributed by atoms with Crippen LogP contribution in [-0.2, 0) is 25.7 Å². The monoisotopic (exact) mass is 480 g/mol. The quantitative estimate of drug-likeness (QED) is 0.337. The standard InChI is InChI=1S/C26H20ClF3N4/c27-22-4-2-1-3-21(22)24-10-5-17(13-31-24)15-34-12-11-23-19(16-34)14-32-25(33-23)18-6-8-20(9-7-18)26(28,29)30/h1-10,13-14H,11-12,15-16H2. The molecule has 5 rings (SSSR count). The molecule has 0 spiro atoms. The predicted octanol–water partition coefficient (Wildman–Crippen LogP) is 6.44. The minimum atomic E-state index is -4.36. The van der Waals surface area contributed by atoms with E-state index in [-0.39, 0.29) is 0 Å². The molecule has 4 aromatic rings. The topological polar surface area (TPSA) is 41.9 Å². The van der Waals surface area contributed by atoms with Gasteiger partial charge in [-0.1, -0.05) is 48.0 Å². The Balaban J connectivity index is 1.26. The maximum absolute atomic E-state index is 12.8. The van der Waals surface area contributed by atoms with Crippen LogP contribution >= 0.6 is 11.6 Å². The fourth-order valence-electron chi connectivity index (χ4n) is 4.06. The van der Waals surface area contributed by atoms with Gasteiger partial charge in [0.25, 0.3) is 0 Å². The number of fused-ring (bicyclic) bond motifs is 1. The van der Waals surface area contributed by atoms with Crippen LogP contribution in [0.1, 0.15) is 22.4 Å². The number of hydrogen-bond donors (Lipinski definition) is 0. The Hall–Kier alpha value is -3.29. The average Bonchev–Trinajstić information content (AvgIpc) is 2.84. The lowest BCUT2D eigenvalue weighted by Gasteiger charge is -2.28. The first-order valence-electron chi connectivity index (χ1n) is 10.8. The Morgan fingerprint density at radius 2 is 1.71 bits per heavy atom. The molecule has 2 aromatic heterocycles. The van der Waals surface area contributed by atoms with Gasteiger partial charge in [-0.3, -0.25) is 9.88 Å². The second-order valence-electron chi connectivity index (χ2n) is 8.23. The molecule has 0 saturated heterocycles. The average molecular weight is 481 g/mol. The molecule has 1 aliphatic rings. The summed E-state index contributed by atoms with van der Waals surface area (Å²) in [5.74, 6) is 0.445. The third-order valence-corrected chi connectivity index (χ3v) is 6.19. The van der Waals surface area contributed by atoms with Crippen molar-refractivity contribution in [2.75, 3.05) is 6.54 Å². The largest absolute Gasteiger partial charge is 0.416 e. The Kier molecular flexibility index (Phi) is 6.06. The van der Waals surface area contributed by atoms with Crippen molar-refractivity contribution in [3.05, 3.63) is 100 Å². The minimum Gasteiger partial charge on any atom is -0.294 e. The van der Waals surface area contributed by atoms with E-state index in [0.717, 1.165) is 59.7 Å². The highest BCUT2D eigenvalue weighted by Gasteiger charge is 2.30. The number of pyridine rings is 1. The van der Waals surface area contributed by atoms with E-state index in [1.54, 1.807) is 6.20 Å². The van der Waals surface area contributed by atoms with Crippen LogP contribution in [0, 0.1) is 0 Å². The van der Waals surface area contributed by atoms with Crippen LogP contribution in [0.5, 0.6) is 0 Å². The van der Waals surface area contributed by atoms with E-state index in [1.807, 2.05) is 36.5 Å². The molecule has 0 fully saturated rings. The van der Waals surface area contributed by atoms with Crippen molar-refractivity contribution in [1.29, 1.82) is 0 Å². The number of rotatable bonds is 4. The molecule has 8 heteroatoms. The lowest BCUT2D eigenvalue weighted by Crippen LogP contribution is -2.31. The van der Waals surface area contributed by atoms with Gasteiger partial charge in [-0.2, -0.15) is 13.2 Å². The van der Waals surface area contributed by atoms with Crippen molar-refractivity contribution < 1.29 is 13.2 Å². The number of halogens is 4. The molecule has 3 heterocycles. The summed E-state index contributed by atoms with van der Waals surface area (Å²) in [6.45, 7) is 2.27. The number of hydrogen-bond acceptors (Lipinski definition) is 4. The highest BCUT2D eigenvalue weighted by atomic mass is 35.5. The van der Waals surface area contributed by atoms with E-state index >= 15 is 0 Å². The summed E-state index contributed by atoms with van der Waals surface area (Å²) in [4.78, 5) is 15.9. The zero-order chi connectivity index (χ0) is 23.7. The molecule has 0 radical (unpaired) electrons. The summed E-state index contributed by atoms with van der Waals surface area (Å²) < 4.78 is 38.4. The van der Waals surface area contributed by atoms with Gasteiger partial charge in [-0.15, -0.1) is 0 Å². The molecule has 34 heavy (non-hydrogen) atoms. The molecule has 0 atom stereocenters. The van der Waals surface area contributed by atoms with E-state index in [1.165, 1.54) is 12.1 Å². The predicted molar refractivity (Wildman–Crippen MR) is 125 cm³/mol. The van der Waals surface area contributed by atoms with Crippen molar-refractivity contribution in [1.82, 2.24) is 19.9 Å². The summed E-state index contributed by atoms with van der Waals surface area (Å²) in [7, 11) is 0. The molecule has 0 saturated carbocycles. The van der Waals surface area contributed by atoms with Crippen LogP contribution in [0.4, 0.5) is 13.2 Å². The van der Waals surface area contributed by atoms with Crippen molar-refractivity contribution in [3.63, 3.8) is 0 Å². The molecule has 0 unspecified atom stereocenters. The SMILES string of the molecule is FC(F)(F)c1ccc(-c2ncc3c(n2)CCN(Cc2ccc(-c4ccccc4Cl)nc2)C3)cc1. The first kappa shape index (κ1) is 22.5. The molecule has 2 aromatic carbocycles. The normalized spacial score (nSPS) is 14.1. The summed E-state index contributed by atoms with van der Waals surface area (Å²) in [5.41, 5.74) is 4.70. The van der Waals surface area contributed by atoms with Crippen molar-refractivity contribution in [3.8, 4) is 22.6 Å². The van der Waals surface area contributed by atoms with Gasteiger partial charge in [0.15, 0.2) is 5.82 Å². The third kappa shape index (κ3) is 4.81. The van der Waals surface area contributed by atoms with Crippen LogP contribution in [0.2, 0.25) is 5.02 Å². The maximum atomic E-state index is 12.8.